The lowest BCUT2D eigenvalue weighted by molar-refractivity contribution is -0.113. The maximum Gasteiger partial charge on any atom is 0.296 e. The Morgan fingerprint density at radius 2 is 2.04 bits per heavy atom. The Hall–Kier alpha value is -2.26. The fourth-order valence-corrected chi connectivity index (χ4v) is 3.65. The highest BCUT2D eigenvalue weighted by Crippen LogP contribution is 2.23. The number of rotatable bonds is 4. The number of nitrogens with one attached hydrogen (secondary N) is 1. The molecule has 0 aliphatic rings. The lowest BCUT2D eigenvalue weighted by Gasteiger charge is -2.06. The number of thioether (sulfide) groups is 1. The van der Waals surface area contributed by atoms with Crippen molar-refractivity contribution in [2.75, 3.05) is 11.1 Å². The smallest absolute Gasteiger partial charge is 0.296 e. The number of aromatic nitrogens is 4. The molecule has 2 aromatic heterocycles. The highest BCUT2D eigenvalue weighted by Gasteiger charge is 2.12. The van der Waals surface area contributed by atoms with E-state index in [4.69, 9.17) is 0 Å². The molecule has 9 heteroatoms. The highest BCUT2D eigenvalue weighted by molar-refractivity contribution is 8.01. The molecule has 0 spiro atoms. The van der Waals surface area contributed by atoms with Gasteiger partial charge < -0.3 is 5.32 Å². The number of hydrogen-bond acceptors (Lipinski definition) is 7. The molecule has 0 saturated carbocycles. The van der Waals surface area contributed by atoms with Crippen molar-refractivity contribution >= 4 is 39.7 Å². The van der Waals surface area contributed by atoms with E-state index in [1.54, 1.807) is 6.92 Å². The zero-order valence-electron chi connectivity index (χ0n) is 13.4. The molecule has 0 unspecified atom stereocenters. The van der Waals surface area contributed by atoms with E-state index in [1.807, 2.05) is 32.0 Å². The average Bonchev–Trinajstić information content (AvgIpc) is 2.97. The second-order valence-electron chi connectivity index (χ2n) is 5.29. The summed E-state index contributed by atoms with van der Waals surface area (Å²) in [6, 6.07) is 5.78. The van der Waals surface area contributed by atoms with Crippen LogP contribution in [-0.4, -0.2) is 31.5 Å². The number of carbonyl (C=O) groups is 1. The number of amides is 1. The normalized spacial score (nSPS) is 11.0. The first kappa shape index (κ1) is 16.6. The number of benzene rings is 1. The molecule has 1 N–H and O–H groups in total. The zero-order chi connectivity index (χ0) is 17.3. The number of carbonyl (C=O) groups excluding carboxylic acids is 1. The van der Waals surface area contributed by atoms with E-state index in [9.17, 15) is 9.59 Å². The molecule has 0 aliphatic heterocycles. The minimum Gasteiger partial charge on any atom is -0.325 e. The van der Waals surface area contributed by atoms with Crippen LogP contribution in [0.15, 0.2) is 27.3 Å². The minimum atomic E-state index is -0.289. The molecule has 0 atom stereocenters. The van der Waals surface area contributed by atoms with Crippen LogP contribution in [-0.2, 0) is 4.79 Å². The van der Waals surface area contributed by atoms with Gasteiger partial charge in [0.25, 0.3) is 5.56 Å². The Morgan fingerprint density at radius 1 is 1.25 bits per heavy atom. The molecule has 24 heavy (non-hydrogen) atoms. The van der Waals surface area contributed by atoms with Crippen molar-refractivity contribution in [1.82, 2.24) is 19.8 Å². The third kappa shape index (κ3) is 3.46. The van der Waals surface area contributed by atoms with Crippen molar-refractivity contribution in [2.24, 2.45) is 0 Å². The first-order chi connectivity index (χ1) is 11.4. The van der Waals surface area contributed by atoms with Gasteiger partial charge in [-0.1, -0.05) is 29.2 Å². The summed E-state index contributed by atoms with van der Waals surface area (Å²) in [5.74, 6) is 0.0746. The fourth-order valence-electron chi connectivity index (χ4n) is 1.98. The van der Waals surface area contributed by atoms with Crippen LogP contribution < -0.4 is 10.9 Å². The molecule has 0 bridgehead atoms. The van der Waals surface area contributed by atoms with Crippen LogP contribution in [0.25, 0.3) is 4.96 Å². The molecule has 0 fully saturated rings. The summed E-state index contributed by atoms with van der Waals surface area (Å²) in [6.45, 7) is 5.61. The van der Waals surface area contributed by atoms with Crippen molar-refractivity contribution in [2.45, 2.75) is 25.1 Å². The SMILES string of the molecule is Cc1ccc(NC(=O)CSc2nn3c(=O)c(C)nnc3s2)cc1C. The molecule has 124 valence electrons. The molecule has 3 rings (SSSR count). The van der Waals surface area contributed by atoms with Gasteiger partial charge in [-0.25, -0.2) is 0 Å². The van der Waals surface area contributed by atoms with Gasteiger partial charge in [0, 0.05) is 5.69 Å². The summed E-state index contributed by atoms with van der Waals surface area (Å²) < 4.78 is 1.82. The Bertz CT molecular complexity index is 980. The molecular formula is C15H15N5O2S2. The Labute approximate surface area is 146 Å². The number of fused-ring (bicyclic) bond motifs is 1. The summed E-state index contributed by atoms with van der Waals surface area (Å²) >= 11 is 2.50. The summed E-state index contributed by atoms with van der Waals surface area (Å²) in [7, 11) is 0. The average molecular weight is 361 g/mol. The molecule has 1 amide bonds. The van der Waals surface area contributed by atoms with Gasteiger partial charge in [0.05, 0.1) is 5.75 Å². The first-order valence-corrected chi connectivity index (χ1v) is 8.97. The van der Waals surface area contributed by atoms with Gasteiger partial charge >= 0.3 is 0 Å². The quantitative estimate of drug-likeness (QED) is 0.717. The Morgan fingerprint density at radius 3 is 2.79 bits per heavy atom. The highest BCUT2D eigenvalue weighted by atomic mass is 32.2. The van der Waals surface area contributed by atoms with Gasteiger partial charge in [0.2, 0.25) is 10.9 Å². The predicted octanol–water partition coefficient (Wildman–Crippen LogP) is 2.20. The Kier molecular flexibility index (Phi) is 4.63. The third-order valence-corrected chi connectivity index (χ3v) is 5.48. The van der Waals surface area contributed by atoms with Crippen molar-refractivity contribution in [3.8, 4) is 0 Å². The summed E-state index contributed by atoms with van der Waals surface area (Å²) in [5.41, 5.74) is 3.08. The number of anilines is 1. The number of aryl methyl sites for hydroxylation is 3. The topological polar surface area (TPSA) is 89.3 Å². The molecule has 3 aromatic rings. The second-order valence-corrected chi connectivity index (χ2v) is 7.47. The fraction of sp³-hybridized carbons (Fsp3) is 0.267. The van der Waals surface area contributed by atoms with E-state index in [0.29, 0.717) is 15.0 Å². The zero-order valence-corrected chi connectivity index (χ0v) is 15.0. The van der Waals surface area contributed by atoms with Gasteiger partial charge in [-0.2, -0.15) is 4.52 Å². The van der Waals surface area contributed by atoms with Crippen LogP contribution in [0, 0.1) is 20.8 Å². The Balaban J connectivity index is 1.67. The van der Waals surface area contributed by atoms with Crippen LogP contribution >= 0.6 is 23.1 Å². The summed E-state index contributed by atoms with van der Waals surface area (Å²) in [4.78, 5) is 24.4. The van der Waals surface area contributed by atoms with Gasteiger partial charge in [0.1, 0.15) is 5.69 Å². The lowest BCUT2D eigenvalue weighted by atomic mass is 10.1. The van der Waals surface area contributed by atoms with E-state index in [1.165, 1.54) is 33.2 Å². The first-order valence-electron chi connectivity index (χ1n) is 7.17. The van der Waals surface area contributed by atoms with E-state index in [0.717, 1.165) is 11.3 Å². The maximum atomic E-state index is 12.1. The third-order valence-electron chi connectivity index (χ3n) is 3.45. The molecule has 7 nitrogen and oxygen atoms in total. The van der Waals surface area contributed by atoms with Gasteiger partial charge in [-0.15, -0.1) is 15.3 Å². The number of nitrogens with zero attached hydrogens (tertiary/aromatic N) is 4. The van der Waals surface area contributed by atoms with E-state index in [2.05, 4.69) is 20.6 Å². The largest absolute Gasteiger partial charge is 0.325 e. The van der Waals surface area contributed by atoms with Crippen molar-refractivity contribution < 1.29 is 4.79 Å². The van der Waals surface area contributed by atoms with Gasteiger partial charge in [-0.3, -0.25) is 9.59 Å². The summed E-state index contributed by atoms with van der Waals surface area (Å²) in [6.07, 6.45) is 0. The van der Waals surface area contributed by atoms with Crippen LogP contribution in [0.2, 0.25) is 0 Å². The van der Waals surface area contributed by atoms with Crippen molar-refractivity contribution in [1.29, 1.82) is 0 Å². The van der Waals surface area contributed by atoms with E-state index in [-0.39, 0.29) is 17.2 Å². The van der Waals surface area contributed by atoms with E-state index >= 15 is 0 Å². The molecule has 2 heterocycles. The number of hydrogen-bond donors (Lipinski definition) is 1. The molecule has 0 saturated heterocycles. The second kappa shape index (κ2) is 6.70. The maximum absolute atomic E-state index is 12.1. The summed E-state index contributed by atoms with van der Waals surface area (Å²) in [5, 5.41) is 14.8. The van der Waals surface area contributed by atoms with Gasteiger partial charge in [0.15, 0.2) is 4.34 Å². The van der Waals surface area contributed by atoms with Crippen molar-refractivity contribution in [3.05, 3.63) is 45.4 Å². The van der Waals surface area contributed by atoms with Crippen LogP contribution in [0.3, 0.4) is 0 Å². The lowest BCUT2D eigenvalue weighted by Crippen LogP contribution is -2.19. The molecular weight excluding hydrogens is 346 g/mol. The van der Waals surface area contributed by atoms with Crippen LogP contribution in [0.1, 0.15) is 16.8 Å². The van der Waals surface area contributed by atoms with Gasteiger partial charge in [-0.05, 0) is 44.0 Å². The van der Waals surface area contributed by atoms with Crippen molar-refractivity contribution in [3.63, 3.8) is 0 Å². The predicted molar refractivity (Wildman–Crippen MR) is 94.9 cm³/mol. The van der Waals surface area contributed by atoms with Crippen LogP contribution in [0.4, 0.5) is 5.69 Å². The van der Waals surface area contributed by atoms with E-state index < -0.39 is 0 Å². The molecule has 0 radical (unpaired) electrons. The van der Waals surface area contributed by atoms with Crippen LogP contribution in [0.5, 0.6) is 0 Å². The molecule has 1 aromatic carbocycles. The molecule has 0 aliphatic carbocycles. The minimum absolute atomic E-state index is 0.128. The standard InChI is InChI=1S/C15H15N5O2S2/c1-8-4-5-11(6-9(8)2)16-12(21)7-23-15-19-20-13(22)10(3)17-18-14(20)24-15/h4-6H,7H2,1-3H3,(H,16,21). The monoisotopic (exact) mass is 361 g/mol.